The summed E-state index contributed by atoms with van der Waals surface area (Å²) in [6.45, 7) is 2.10. The molecule has 1 unspecified atom stereocenters. The second kappa shape index (κ2) is 4.07. The molecule has 1 fully saturated rings. The highest BCUT2D eigenvalue weighted by Crippen LogP contribution is 2.27. The number of nitrogens with zero attached hydrogens (tertiary/aromatic N) is 2. The highest BCUT2D eigenvalue weighted by molar-refractivity contribution is 6.29. The second-order valence-corrected chi connectivity index (χ2v) is 4.58. The number of rotatable bonds is 1. The van der Waals surface area contributed by atoms with Gasteiger partial charge >= 0.3 is 0 Å². The lowest BCUT2D eigenvalue weighted by atomic mass is 10.1. The Labute approximate surface area is 99.4 Å². The van der Waals surface area contributed by atoms with Crippen LogP contribution in [0.2, 0.25) is 5.28 Å². The summed E-state index contributed by atoms with van der Waals surface area (Å²) >= 11 is 6.23. The first-order chi connectivity index (χ1) is 7.86. The van der Waals surface area contributed by atoms with Crippen molar-refractivity contribution in [2.75, 3.05) is 13.1 Å². The number of benzene rings is 1. The molecule has 1 saturated heterocycles. The summed E-state index contributed by atoms with van der Waals surface area (Å²) in [6, 6.07) is 8.56. The Morgan fingerprint density at radius 1 is 1.38 bits per heavy atom. The molecule has 2 aromatic rings. The third kappa shape index (κ3) is 1.60. The SMILES string of the molecule is Clc1nc2ccccc2n1C1CCCNC1. The zero-order valence-corrected chi connectivity index (χ0v) is 9.74. The first-order valence-electron chi connectivity index (χ1n) is 5.69. The van der Waals surface area contributed by atoms with Crippen molar-refractivity contribution in [2.45, 2.75) is 18.9 Å². The minimum Gasteiger partial charge on any atom is -0.315 e. The minimum atomic E-state index is 0.439. The van der Waals surface area contributed by atoms with Gasteiger partial charge in [0.05, 0.1) is 11.0 Å². The van der Waals surface area contributed by atoms with E-state index < -0.39 is 0 Å². The number of hydrogen-bond acceptors (Lipinski definition) is 2. The summed E-state index contributed by atoms with van der Waals surface area (Å²) in [6.07, 6.45) is 2.38. The molecular weight excluding hydrogens is 222 g/mol. The number of nitrogens with one attached hydrogen (secondary N) is 1. The fourth-order valence-corrected chi connectivity index (χ4v) is 2.74. The molecule has 0 bridgehead atoms. The molecule has 1 aromatic heterocycles. The van der Waals surface area contributed by atoms with Gasteiger partial charge in [-0.1, -0.05) is 12.1 Å². The van der Waals surface area contributed by atoms with Crippen molar-refractivity contribution in [1.29, 1.82) is 0 Å². The monoisotopic (exact) mass is 235 g/mol. The molecule has 1 aliphatic rings. The lowest BCUT2D eigenvalue weighted by Crippen LogP contribution is -2.31. The Hall–Kier alpha value is -1.06. The normalized spacial score (nSPS) is 21.4. The van der Waals surface area contributed by atoms with Crippen molar-refractivity contribution in [3.8, 4) is 0 Å². The number of para-hydroxylation sites is 2. The maximum absolute atomic E-state index is 6.23. The van der Waals surface area contributed by atoms with Crippen molar-refractivity contribution in [1.82, 2.24) is 14.9 Å². The van der Waals surface area contributed by atoms with E-state index in [9.17, 15) is 0 Å². The topological polar surface area (TPSA) is 29.9 Å². The van der Waals surface area contributed by atoms with Gasteiger partial charge in [0.25, 0.3) is 0 Å². The number of hydrogen-bond donors (Lipinski definition) is 1. The van der Waals surface area contributed by atoms with Gasteiger partial charge in [0, 0.05) is 12.6 Å². The molecule has 0 spiro atoms. The third-order valence-corrected chi connectivity index (χ3v) is 3.46. The molecule has 84 valence electrons. The number of aromatic nitrogens is 2. The van der Waals surface area contributed by atoms with Crippen LogP contribution in [0.1, 0.15) is 18.9 Å². The Bertz CT molecular complexity index is 500. The van der Waals surface area contributed by atoms with Gasteiger partial charge in [0.15, 0.2) is 0 Å². The van der Waals surface area contributed by atoms with Gasteiger partial charge in [-0.2, -0.15) is 0 Å². The van der Waals surface area contributed by atoms with E-state index in [1.54, 1.807) is 0 Å². The lowest BCUT2D eigenvalue weighted by Gasteiger charge is -2.25. The third-order valence-electron chi connectivity index (χ3n) is 3.19. The van der Waals surface area contributed by atoms with Crippen LogP contribution in [0.3, 0.4) is 0 Å². The van der Waals surface area contributed by atoms with Crippen molar-refractivity contribution in [3.63, 3.8) is 0 Å². The van der Waals surface area contributed by atoms with Gasteiger partial charge in [-0.3, -0.25) is 0 Å². The van der Waals surface area contributed by atoms with Crippen LogP contribution in [-0.2, 0) is 0 Å². The van der Waals surface area contributed by atoms with E-state index in [1.165, 1.54) is 12.8 Å². The van der Waals surface area contributed by atoms with E-state index in [1.807, 2.05) is 18.2 Å². The minimum absolute atomic E-state index is 0.439. The number of piperidine rings is 1. The van der Waals surface area contributed by atoms with Crippen molar-refractivity contribution >= 4 is 22.6 Å². The summed E-state index contributed by atoms with van der Waals surface area (Å²) in [5, 5.41) is 4.01. The molecule has 4 heteroatoms. The molecule has 0 saturated carbocycles. The van der Waals surface area contributed by atoms with Crippen LogP contribution in [0.4, 0.5) is 0 Å². The zero-order chi connectivity index (χ0) is 11.0. The van der Waals surface area contributed by atoms with E-state index in [0.717, 1.165) is 24.1 Å². The maximum Gasteiger partial charge on any atom is 0.204 e. The number of imidazole rings is 1. The molecule has 3 rings (SSSR count). The molecule has 1 aliphatic heterocycles. The average Bonchev–Trinajstić information content (AvgIpc) is 2.66. The fourth-order valence-electron chi connectivity index (χ4n) is 2.42. The van der Waals surface area contributed by atoms with Crippen LogP contribution in [0.15, 0.2) is 24.3 Å². The fraction of sp³-hybridized carbons (Fsp3) is 0.417. The Morgan fingerprint density at radius 3 is 3.06 bits per heavy atom. The van der Waals surface area contributed by atoms with E-state index in [2.05, 4.69) is 20.9 Å². The van der Waals surface area contributed by atoms with Crippen molar-refractivity contribution in [3.05, 3.63) is 29.5 Å². The van der Waals surface area contributed by atoms with Crippen molar-refractivity contribution < 1.29 is 0 Å². The summed E-state index contributed by atoms with van der Waals surface area (Å²) < 4.78 is 2.16. The summed E-state index contributed by atoms with van der Waals surface area (Å²) in [5.41, 5.74) is 2.12. The van der Waals surface area contributed by atoms with Gasteiger partial charge < -0.3 is 9.88 Å². The largest absolute Gasteiger partial charge is 0.315 e. The van der Waals surface area contributed by atoms with Gasteiger partial charge in [0.2, 0.25) is 5.28 Å². The van der Waals surface area contributed by atoms with Gasteiger partial charge in [-0.15, -0.1) is 0 Å². The van der Waals surface area contributed by atoms with Gasteiger partial charge in [-0.05, 0) is 43.1 Å². The molecule has 1 N–H and O–H groups in total. The van der Waals surface area contributed by atoms with E-state index in [0.29, 0.717) is 11.3 Å². The summed E-state index contributed by atoms with van der Waals surface area (Å²) in [7, 11) is 0. The second-order valence-electron chi connectivity index (χ2n) is 4.24. The predicted molar refractivity (Wildman–Crippen MR) is 65.9 cm³/mol. The smallest absolute Gasteiger partial charge is 0.204 e. The van der Waals surface area contributed by atoms with Crippen LogP contribution in [0.25, 0.3) is 11.0 Å². The zero-order valence-electron chi connectivity index (χ0n) is 8.99. The van der Waals surface area contributed by atoms with E-state index in [-0.39, 0.29) is 0 Å². The standard InChI is InChI=1S/C12H14ClN3/c13-12-15-10-5-1-2-6-11(10)16(12)9-4-3-7-14-8-9/h1-2,5-6,9,14H,3-4,7-8H2. The number of halogens is 1. The molecule has 1 aromatic carbocycles. The molecular formula is C12H14ClN3. The van der Waals surface area contributed by atoms with Crippen LogP contribution in [0.5, 0.6) is 0 Å². The molecule has 0 amide bonds. The molecule has 2 heterocycles. The first-order valence-corrected chi connectivity index (χ1v) is 6.07. The highest BCUT2D eigenvalue weighted by Gasteiger charge is 2.19. The van der Waals surface area contributed by atoms with Crippen LogP contribution in [-0.4, -0.2) is 22.6 Å². The molecule has 0 radical (unpaired) electrons. The summed E-state index contributed by atoms with van der Waals surface area (Å²) in [4.78, 5) is 4.39. The van der Waals surface area contributed by atoms with E-state index >= 15 is 0 Å². The highest BCUT2D eigenvalue weighted by atomic mass is 35.5. The Kier molecular flexibility index (Phi) is 2.58. The molecule has 3 nitrogen and oxygen atoms in total. The first kappa shape index (κ1) is 10.1. The van der Waals surface area contributed by atoms with Gasteiger partial charge in [-0.25, -0.2) is 4.98 Å². The average molecular weight is 236 g/mol. The maximum atomic E-state index is 6.23. The van der Waals surface area contributed by atoms with Gasteiger partial charge in [0.1, 0.15) is 0 Å². The van der Waals surface area contributed by atoms with Crippen LogP contribution in [0, 0.1) is 0 Å². The molecule has 0 aliphatic carbocycles. The predicted octanol–water partition coefficient (Wildman–Crippen LogP) is 2.61. The Balaban J connectivity index is 2.10. The van der Waals surface area contributed by atoms with Crippen LogP contribution >= 0.6 is 11.6 Å². The van der Waals surface area contributed by atoms with Crippen LogP contribution < -0.4 is 5.32 Å². The lowest BCUT2D eigenvalue weighted by molar-refractivity contribution is 0.378. The van der Waals surface area contributed by atoms with Crippen molar-refractivity contribution in [2.24, 2.45) is 0 Å². The van der Waals surface area contributed by atoms with E-state index in [4.69, 9.17) is 11.6 Å². The molecule has 16 heavy (non-hydrogen) atoms. The quantitative estimate of drug-likeness (QED) is 0.824. The Morgan fingerprint density at radius 2 is 2.25 bits per heavy atom. The number of fused-ring (bicyclic) bond motifs is 1. The molecule has 1 atom stereocenters. The summed E-state index contributed by atoms with van der Waals surface area (Å²) in [5.74, 6) is 0.